The van der Waals surface area contributed by atoms with Gasteiger partial charge in [-0.3, -0.25) is 9.36 Å². The topological polar surface area (TPSA) is 95.1 Å². The van der Waals surface area contributed by atoms with Gasteiger partial charge in [0.25, 0.3) is 5.91 Å². The minimum Gasteiger partial charge on any atom is -0.497 e. The number of nitrogens with one attached hydrogen (secondary N) is 1. The molecule has 1 amide bonds. The predicted molar refractivity (Wildman–Crippen MR) is 143 cm³/mol. The Labute approximate surface area is 218 Å². The Balaban J connectivity index is 1.35. The molecule has 0 radical (unpaired) electrons. The summed E-state index contributed by atoms with van der Waals surface area (Å²) < 4.78 is 13.0. The number of thioether (sulfide) groups is 1. The number of ether oxygens (including phenoxy) is 1. The van der Waals surface area contributed by atoms with E-state index in [4.69, 9.17) is 9.15 Å². The maximum atomic E-state index is 12.7. The molecule has 0 spiro atoms. The van der Waals surface area contributed by atoms with Gasteiger partial charge in [0.15, 0.2) is 16.7 Å². The molecule has 0 fully saturated rings. The van der Waals surface area contributed by atoms with Crippen LogP contribution >= 0.6 is 11.8 Å². The first-order chi connectivity index (χ1) is 18.0. The highest BCUT2D eigenvalue weighted by molar-refractivity contribution is 7.98. The number of anilines is 1. The van der Waals surface area contributed by atoms with E-state index in [1.165, 1.54) is 18.0 Å². The van der Waals surface area contributed by atoms with Gasteiger partial charge in [-0.25, -0.2) is 4.98 Å². The SMILES string of the molecule is COc1cccc(-c2nnc(SCc3nc(C(=O)Nc4ccc(C)c(C)c4)co3)n2-c2ccccc2)c1. The molecule has 0 saturated carbocycles. The standard InChI is InChI=1S/C28H25N5O3S/c1-18-12-13-21(14-19(18)2)29-27(34)24-16-36-25(30-24)17-37-28-32-31-26(20-8-7-11-23(15-20)35-3)33(28)22-9-5-4-6-10-22/h4-16H,17H2,1-3H3,(H,29,34). The molecule has 3 aromatic carbocycles. The van der Waals surface area contributed by atoms with E-state index in [2.05, 4.69) is 20.5 Å². The van der Waals surface area contributed by atoms with Gasteiger partial charge in [-0.1, -0.05) is 48.2 Å². The number of amides is 1. The van der Waals surface area contributed by atoms with Crippen molar-refractivity contribution in [3.63, 3.8) is 0 Å². The van der Waals surface area contributed by atoms with Crippen molar-refractivity contribution in [3.05, 3.63) is 102 Å². The first kappa shape index (κ1) is 24.3. The summed E-state index contributed by atoms with van der Waals surface area (Å²) in [6.07, 6.45) is 1.37. The lowest BCUT2D eigenvalue weighted by atomic mass is 10.1. The van der Waals surface area contributed by atoms with Crippen LogP contribution in [0.25, 0.3) is 17.1 Å². The summed E-state index contributed by atoms with van der Waals surface area (Å²) in [6, 6.07) is 23.4. The number of aromatic nitrogens is 4. The van der Waals surface area contributed by atoms with Crippen molar-refractivity contribution >= 4 is 23.4 Å². The zero-order valence-corrected chi connectivity index (χ0v) is 21.5. The van der Waals surface area contributed by atoms with Crippen LogP contribution in [0.2, 0.25) is 0 Å². The molecule has 186 valence electrons. The fourth-order valence-electron chi connectivity index (χ4n) is 3.74. The number of carbonyl (C=O) groups is 1. The average molecular weight is 512 g/mol. The molecule has 0 aliphatic rings. The second-order valence-corrected chi connectivity index (χ2v) is 9.32. The van der Waals surface area contributed by atoms with Crippen molar-refractivity contribution in [2.24, 2.45) is 0 Å². The molecule has 8 nitrogen and oxygen atoms in total. The van der Waals surface area contributed by atoms with Crippen LogP contribution in [0.1, 0.15) is 27.5 Å². The molecule has 1 N–H and O–H groups in total. The van der Waals surface area contributed by atoms with Crippen LogP contribution in [0.15, 0.2) is 88.6 Å². The van der Waals surface area contributed by atoms with Crippen molar-refractivity contribution in [2.75, 3.05) is 12.4 Å². The quantitative estimate of drug-likeness (QED) is 0.252. The van der Waals surface area contributed by atoms with Gasteiger partial charge in [-0.2, -0.15) is 0 Å². The molecule has 9 heteroatoms. The minimum absolute atomic E-state index is 0.218. The number of hydrogen-bond donors (Lipinski definition) is 1. The zero-order chi connectivity index (χ0) is 25.8. The normalized spacial score (nSPS) is 10.9. The van der Waals surface area contributed by atoms with Gasteiger partial charge in [-0.05, 0) is 61.4 Å². The first-order valence-electron chi connectivity index (χ1n) is 11.6. The molecular formula is C28H25N5O3S. The molecule has 0 bridgehead atoms. The number of benzene rings is 3. The maximum Gasteiger partial charge on any atom is 0.277 e. The molecule has 0 saturated heterocycles. The fraction of sp³-hybridized carbons (Fsp3) is 0.143. The molecule has 0 atom stereocenters. The Kier molecular flexibility index (Phi) is 7.04. The van der Waals surface area contributed by atoms with E-state index in [1.54, 1.807) is 7.11 Å². The van der Waals surface area contributed by atoms with Crippen LogP contribution < -0.4 is 10.1 Å². The second-order valence-electron chi connectivity index (χ2n) is 8.38. The molecule has 0 unspecified atom stereocenters. The number of oxazole rings is 1. The van der Waals surface area contributed by atoms with E-state index in [0.717, 1.165) is 28.1 Å². The highest BCUT2D eigenvalue weighted by atomic mass is 32.2. The van der Waals surface area contributed by atoms with Crippen LogP contribution in [0.4, 0.5) is 5.69 Å². The number of para-hydroxylation sites is 1. The number of aryl methyl sites for hydroxylation is 2. The van der Waals surface area contributed by atoms with Gasteiger partial charge >= 0.3 is 0 Å². The van der Waals surface area contributed by atoms with Gasteiger partial charge in [0.2, 0.25) is 5.89 Å². The Hall–Kier alpha value is -4.37. The third-order valence-corrected chi connectivity index (χ3v) is 6.76. The molecular weight excluding hydrogens is 486 g/mol. The Bertz CT molecular complexity index is 1540. The Morgan fingerprint density at radius 3 is 2.62 bits per heavy atom. The summed E-state index contributed by atoms with van der Waals surface area (Å²) in [6.45, 7) is 4.03. The lowest BCUT2D eigenvalue weighted by Crippen LogP contribution is -2.12. The van der Waals surface area contributed by atoms with E-state index in [0.29, 0.717) is 28.3 Å². The van der Waals surface area contributed by atoms with E-state index >= 15 is 0 Å². The summed E-state index contributed by atoms with van der Waals surface area (Å²) in [5, 5.41) is 12.4. The molecule has 2 heterocycles. The zero-order valence-electron chi connectivity index (χ0n) is 20.6. The predicted octanol–water partition coefficient (Wildman–Crippen LogP) is 6.09. The van der Waals surface area contributed by atoms with Crippen molar-refractivity contribution in [3.8, 4) is 22.8 Å². The van der Waals surface area contributed by atoms with Gasteiger partial charge in [0, 0.05) is 16.9 Å². The molecule has 5 aromatic rings. The van der Waals surface area contributed by atoms with E-state index in [9.17, 15) is 4.79 Å². The monoisotopic (exact) mass is 511 g/mol. The summed E-state index contributed by atoms with van der Waals surface area (Å²) in [5.74, 6) is 1.89. The largest absolute Gasteiger partial charge is 0.497 e. The average Bonchev–Trinajstić information content (AvgIpc) is 3.57. The minimum atomic E-state index is -0.323. The van der Waals surface area contributed by atoms with Gasteiger partial charge in [0.05, 0.1) is 12.9 Å². The number of carbonyl (C=O) groups excluding carboxylic acids is 1. The maximum absolute atomic E-state index is 12.7. The third-order valence-electron chi connectivity index (χ3n) is 5.85. The van der Waals surface area contributed by atoms with E-state index < -0.39 is 0 Å². The van der Waals surface area contributed by atoms with Crippen LogP contribution in [0.5, 0.6) is 5.75 Å². The van der Waals surface area contributed by atoms with E-state index in [-0.39, 0.29) is 11.6 Å². The third kappa shape index (κ3) is 5.41. The molecule has 0 aliphatic carbocycles. The number of methoxy groups -OCH3 is 1. The van der Waals surface area contributed by atoms with E-state index in [1.807, 2.05) is 91.2 Å². The number of hydrogen-bond acceptors (Lipinski definition) is 7. The highest BCUT2D eigenvalue weighted by Gasteiger charge is 2.19. The van der Waals surface area contributed by atoms with Gasteiger partial charge in [0.1, 0.15) is 12.0 Å². The van der Waals surface area contributed by atoms with Crippen LogP contribution in [0.3, 0.4) is 0 Å². The summed E-state index contributed by atoms with van der Waals surface area (Å²) in [7, 11) is 1.63. The summed E-state index contributed by atoms with van der Waals surface area (Å²) >= 11 is 1.42. The number of nitrogens with zero attached hydrogens (tertiary/aromatic N) is 4. The smallest absolute Gasteiger partial charge is 0.277 e. The fourth-order valence-corrected chi connectivity index (χ4v) is 4.55. The molecule has 5 rings (SSSR count). The molecule has 37 heavy (non-hydrogen) atoms. The second kappa shape index (κ2) is 10.7. The van der Waals surface area contributed by atoms with Crippen LogP contribution in [0, 0.1) is 13.8 Å². The lowest BCUT2D eigenvalue weighted by Gasteiger charge is -2.10. The molecule has 0 aliphatic heterocycles. The van der Waals surface area contributed by atoms with Crippen LogP contribution in [-0.4, -0.2) is 32.8 Å². The van der Waals surface area contributed by atoms with Crippen molar-refractivity contribution in [1.29, 1.82) is 0 Å². The van der Waals surface area contributed by atoms with Gasteiger partial charge in [-0.15, -0.1) is 10.2 Å². The highest BCUT2D eigenvalue weighted by Crippen LogP contribution is 2.31. The van der Waals surface area contributed by atoms with Crippen molar-refractivity contribution in [2.45, 2.75) is 24.8 Å². The number of rotatable bonds is 8. The Morgan fingerprint density at radius 1 is 1.00 bits per heavy atom. The van der Waals surface area contributed by atoms with Gasteiger partial charge < -0.3 is 14.5 Å². The Morgan fingerprint density at radius 2 is 1.84 bits per heavy atom. The molecule has 2 aromatic heterocycles. The van der Waals surface area contributed by atoms with Crippen LogP contribution in [-0.2, 0) is 5.75 Å². The first-order valence-corrected chi connectivity index (χ1v) is 12.6. The van der Waals surface area contributed by atoms with Crippen molar-refractivity contribution in [1.82, 2.24) is 19.7 Å². The summed E-state index contributed by atoms with van der Waals surface area (Å²) in [4.78, 5) is 17.1. The van der Waals surface area contributed by atoms with Crippen molar-refractivity contribution < 1.29 is 13.9 Å². The lowest BCUT2D eigenvalue weighted by molar-refractivity contribution is 0.102. The summed E-state index contributed by atoms with van der Waals surface area (Å²) in [5.41, 5.74) is 5.00.